The third-order valence-corrected chi connectivity index (χ3v) is 3.21. The summed E-state index contributed by atoms with van der Waals surface area (Å²) < 4.78 is 10.5. The summed E-state index contributed by atoms with van der Waals surface area (Å²) in [6, 6.07) is 5.21. The summed E-state index contributed by atoms with van der Waals surface area (Å²) in [5, 5.41) is 5.91. The van der Waals surface area contributed by atoms with Crippen LogP contribution in [0.15, 0.2) is 30.6 Å². The minimum atomic E-state index is -0.327. The van der Waals surface area contributed by atoms with Gasteiger partial charge >= 0.3 is 0 Å². The van der Waals surface area contributed by atoms with E-state index in [1.807, 2.05) is 0 Å². The van der Waals surface area contributed by atoms with Gasteiger partial charge in [0.15, 0.2) is 11.5 Å². The zero-order valence-corrected chi connectivity index (χ0v) is 13.0. The highest BCUT2D eigenvalue weighted by atomic mass is 16.7. The highest BCUT2D eigenvalue weighted by molar-refractivity contribution is 6.02. The van der Waals surface area contributed by atoms with Gasteiger partial charge in [0.1, 0.15) is 11.5 Å². The Hall–Kier alpha value is -2.83. The first-order valence-corrected chi connectivity index (χ1v) is 7.39. The van der Waals surface area contributed by atoms with Crippen LogP contribution in [0, 0.1) is 5.92 Å². The summed E-state index contributed by atoms with van der Waals surface area (Å²) in [6.45, 7) is 5.21. The monoisotopic (exact) mass is 314 g/mol. The lowest BCUT2D eigenvalue weighted by Gasteiger charge is -2.08. The van der Waals surface area contributed by atoms with Crippen molar-refractivity contribution in [1.82, 2.24) is 9.97 Å². The van der Waals surface area contributed by atoms with E-state index in [-0.39, 0.29) is 18.4 Å². The molecule has 3 rings (SSSR count). The van der Waals surface area contributed by atoms with Crippen LogP contribution in [0.2, 0.25) is 0 Å². The van der Waals surface area contributed by atoms with Gasteiger partial charge in [0.2, 0.25) is 6.79 Å². The number of nitrogens with one attached hydrogen (secondary N) is 2. The molecule has 0 bridgehead atoms. The zero-order valence-electron chi connectivity index (χ0n) is 13.0. The van der Waals surface area contributed by atoms with Crippen molar-refractivity contribution in [1.29, 1.82) is 0 Å². The quantitative estimate of drug-likeness (QED) is 0.882. The van der Waals surface area contributed by atoms with Gasteiger partial charge in [0.05, 0.1) is 12.4 Å². The van der Waals surface area contributed by atoms with Gasteiger partial charge in [0.25, 0.3) is 5.91 Å². The number of nitrogens with zero attached hydrogens (tertiary/aromatic N) is 2. The Morgan fingerprint density at radius 3 is 2.78 bits per heavy atom. The highest BCUT2D eigenvalue weighted by Gasteiger charge is 2.15. The van der Waals surface area contributed by atoms with Gasteiger partial charge in [-0.25, -0.2) is 9.97 Å². The van der Waals surface area contributed by atoms with Crippen molar-refractivity contribution in [3.63, 3.8) is 0 Å². The standard InChI is InChI=1S/C16H18N4O3/c1-10(2)6-18-15-8-17-12(7-19-15)16(21)20-11-3-4-13-14(5-11)23-9-22-13/h3-5,7-8,10H,6,9H2,1-2H3,(H,18,19)(H,20,21). The normalized spacial score (nSPS) is 12.3. The van der Waals surface area contributed by atoms with Gasteiger partial charge in [0, 0.05) is 18.3 Å². The van der Waals surface area contributed by atoms with E-state index in [2.05, 4.69) is 34.4 Å². The number of anilines is 2. The second kappa shape index (κ2) is 6.51. The molecule has 0 radical (unpaired) electrons. The first-order chi connectivity index (χ1) is 11.1. The van der Waals surface area contributed by atoms with Crippen LogP contribution in [0.4, 0.5) is 11.5 Å². The third kappa shape index (κ3) is 3.68. The molecule has 1 aromatic heterocycles. The molecular formula is C16H18N4O3. The molecule has 1 aliphatic rings. The average Bonchev–Trinajstić information content (AvgIpc) is 3.01. The van der Waals surface area contributed by atoms with Gasteiger partial charge in [-0.2, -0.15) is 0 Å². The molecule has 7 heteroatoms. The number of amides is 1. The van der Waals surface area contributed by atoms with E-state index in [1.165, 1.54) is 6.20 Å². The smallest absolute Gasteiger partial charge is 0.275 e. The molecule has 2 N–H and O–H groups in total. The molecule has 0 fully saturated rings. The second-order valence-electron chi connectivity index (χ2n) is 5.58. The summed E-state index contributed by atoms with van der Waals surface area (Å²) in [6.07, 6.45) is 3.00. The van der Waals surface area contributed by atoms with Crippen molar-refractivity contribution in [2.45, 2.75) is 13.8 Å². The van der Waals surface area contributed by atoms with Gasteiger partial charge in [-0.15, -0.1) is 0 Å². The number of ether oxygens (including phenoxy) is 2. The molecule has 2 heterocycles. The Bertz CT molecular complexity index is 701. The number of carbonyl (C=O) groups is 1. The maximum absolute atomic E-state index is 12.2. The maximum Gasteiger partial charge on any atom is 0.275 e. The molecule has 1 amide bonds. The van der Waals surface area contributed by atoms with Gasteiger partial charge in [-0.05, 0) is 18.1 Å². The molecule has 120 valence electrons. The van der Waals surface area contributed by atoms with E-state index in [9.17, 15) is 4.79 Å². The number of rotatable bonds is 5. The van der Waals surface area contributed by atoms with Crippen molar-refractivity contribution in [2.75, 3.05) is 24.0 Å². The fraction of sp³-hybridized carbons (Fsp3) is 0.312. The number of aromatic nitrogens is 2. The summed E-state index contributed by atoms with van der Waals surface area (Å²) in [4.78, 5) is 20.5. The van der Waals surface area contributed by atoms with E-state index < -0.39 is 0 Å². The predicted octanol–water partition coefficient (Wildman–Crippen LogP) is 2.53. The van der Waals surface area contributed by atoms with E-state index in [0.29, 0.717) is 28.9 Å². The molecule has 7 nitrogen and oxygen atoms in total. The Morgan fingerprint density at radius 2 is 2.04 bits per heavy atom. The molecule has 0 saturated heterocycles. The molecule has 0 unspecified atom stereocenters. The summed E-state index contributed by atoms with van der Waals surface area (Å²) in [7, 11) is 0. The lowest BCUT2D eigenvalue weighted by atomic mass is 10.2. The molecule has 0 atom stereocenters. The largest absolute Gasteiger partial charge is 0.454 e. The Morgan fingerprint density at radius 1 is 1.22 bits per heavy atom. The van der Waals surface area contributed by atoms with Crippen LogP contribution in [0.5, 0.6) is 11.5 Å². The molecule has 1 aliphatic heterocycles. The first kappa shape index (κ1) is 15.1. The van der Waals surface area contributed by atoms with E-state index in [4.69, 9.17) is 9.47 Å². The number of carbonyl (C=O) groups excluding carboxylic acids is 1. The number of benzene rings is 1. The summed E-state index contributed by atoms with van der Waals surface area (Å²) >= 11 is 0. The van der Waals surface area contributed by atoms with Crippen molar-refractivity contribution in [2.24, 2.45) is 5.92 Å². The second-order valence-corrected chi connectivity index (χ2v) is 5.58. The van der Waals surface area contributed by atoms with Crippen LogP contribution in [0.1, 0.15) is 24.3 Å². The SMILES string of the molecule is CC(C)CNc1cnc(C(=O)Nc2ccc3c(c2)OCO3)cn1. The Kier molecular flexibility index (Phi) is 4.27. The fourth-order valence-electron chi connectivity index (χ4n) is 2.01. The molecule has 0 saturated carbocycles. The lowest BCUT2D eigenvalue weighted by Crippen LogP contribution is -2.15. The van der Waals surface area contributed by atoms with Crippen LogP contribution < -0.4 is 20.1 Å². The van der Waals surface area contributed by atoms with Crippen molar-refractivity contribution < 1.29 is 14.3 Å². The average molecular weight is 314 g/mol. The van der Waals surface area contributed by atoms with Crippen molar-refractivity contribution in [3.05, 3.63) is 36.3 Å². The van der Waals surface area contributed by atoms with E-state index >= 15 is 0 Å². The van der Waals surface area contributed by atoms with Crippen LogP contribution in [0.3, 0.4) is 0 Å². The highest BCUT2D eigenvalue weighted by Crippen LogP contribution is 2.34. The molecule has 0 spiro atoms. The van der Waals surface area contributed by atoms with E-state index in [1.54, 1.807) is 24.4 Å². The van der Waals surface area contributed by atoms with Crippen molar-refractivity contribution in [3.8, 4) is 11.5 Å². The van der Waals surface area contributed by atoms with Gasteiger partial charge in [-0.3, -0.25) is 4.79 Å². The van der Waals surface area contributed by atoms with Gasteiger partial charge < -0.3 is 20.1 Å². The minimum absolute atomic E-state index is 0.197. The lowest BCUT2D eigenvalue weighted by molar-refractivity contribution is 0.102. The molecule has 1 aromatic carbocycles. The molecule has 0 aliphatic carbocycles. The maximum atomic E-state index is 12.2. The number of fused-ring (bicyclic) bond motifs is 1. The predicted molar refractivity (Wildman–Crippen MR) is 85.9 cm³/mol. The Balaban J connectivity index is 1.64. The number of hydrogen-bond donors (Lipinski definition) is 2. The van der Waals surface area contributed by atoms with E-state index in [0.717, 1.165) is 6.54 Å². The first-order valence-electron chi connectivity index (χ1n) is 7.39. The van der Waals surface area contributed by atoms with Crippen LogP contribution >= 0.6 is 0 Å². The zero-order chi connectivity index (χ0) is 16.2. The van der Waals surface area contributed by atoms with Crippen LogP contribution in [-0.2, 0) is 0 Å². The van der Waals surface area contributed by atoms with Crippen LogP contribution in [-0.4, -0.2) is 29.2 Å². The summed E-state index contributed by atoms with van der Waals surface area (Å²) in [5.74, 6) is 2.11. The number of hydrogen-bond acceptors (Lipinski definition) is 6. The van der Waals surface area contributed by atoms with Gasteiger partial charge in [-0.1, -0.05) is 13.8 Å². The Labute approximate surface area is 134 Å². The molecule has 23 heavy (non-hydrogen) atoms. The third-order valence-electron chi connectivity index (χ3n) is 3.21. The topological polar surface area (TPSA) is 85.4 Å². The minimum Gasteiger partial charge on any atom is -0.454 e. The fourth-order valence-corrected chi connectivity index (χ4v) is 2.01. The summed E-state index contributed by atoms with van der Waals surface area (Å²) in [5.41, 5.74) is 0.862. The molecule has 2 aromatic rings. The van der Waals surface area contributed by atoms with Crippen LogP contribution in [0.25, 0.3) is 0 Å². The molecular weight excluding hydrogens is 296 g/mol. The van der Waals surface area contributed by atoms with Crippen molar-refractivity contribution >= 4 is 17.4 Å².